The van der Waals surface area contributed by atoms with Crippen molar-refractivity contribution in [1.82, 2.24) is 4.90 Å². The van der Waals surface area contributed by atoms with E-state index in [2.05, 4.69) is 0 Å². The number of nitrogens with two attached hydrogens (primary N) is 1. The van der Waals surface area contributed by atoms with Gasteiger partial charge in [-0.3, -0.25) is 4.79 Å². The number of likely N-dealkylation sites (N-methyl/N-ethyl adjacent to an activating group) is 1. The van der Waals surface area contributed by atoms with E-state index < -0.39 is 15.9 Å². The molecule has 0 rings (SSSR count). The number of halogens is 1. The molecule has 18 heavy (non-hydrogen) atoms. The summed E-state index contributed by atoms with van der Waals surface area (Å²) in [7, 11) is -3.08. The van der Waals surface area contributed by atoms with Gasteiger partial charge in [0.2, 0.25) is 5.91 Å². The van der Waals surface area contributed by atoms with E-state index in [0.717, 1.165) is 6.42 Å². The molecule has 110 valence electrons. The standard InChI is InChI=1S/C11H24N2O3S.ClH/c1-5-7-10(12)11(14)13(6-2)9(3)8-17(4,15)16;/h9-10H,5-8,12H2,1-4H3;1H. The monoisotopic (exact) mass is 300 g/mol. The fourth-order valence-electron chi connectivity index (χ4n) is 1.86. The molecule has 2 N–H and O–H groups in total. The van der Waals surface area contributed by atoms with Crippen molar-refractivity contribution in [2.45, 2.75) is 45.7 Å². The second kappa shape index (κ2) is 8.72. The maximum atomic E-state index is 12.0. The number of hydrogen-bond acceptors (Lipinski definition) is 4. The third kappa shape index (κ3) is 7.18. The molecular weight excluding hydrogens is 276 g/mol. The molecule has 2 unspecified atom stereocenters. The Kier molecular flexibility index (Phi) is 9.68. The molecular formula is C11H25ClN2O3S. The predicted molar refractivity (Wildman–Crippen MR) is 76.7 cm³/mol. The van der Waals surface area contributed by atoms with Crippen molar-refractivity contribution < 1.29 is 13.2 Å². The van der Waals surface area contributed by atoms with Gasteiger partial charge < -0.3 is 10.6 Å². The Morgan fingerprint density at radius 3 is 2.17 bits per heavy atom. The number of carbonyl (C=O) groups is 1. The molecule has 0 fully saturated rings. The first-order valence-corrected chi connectivity index (χ1v) is 8.02. The minimum atomic E-state index is -3.08. The van der Waals surface area contributed by atoms with Gasteiger partial charge in [-0.05, 0) is 20.3 Å². The lowest BCUT2D eigenvalue weighted by atomic mass is 10.1. The van der Waals surface area contributed by atoms with Crippen molar-refractivity contribution in [3.05, 3.63) is 0 Å². The first kappa shape index (κ1) is 20.0. The van der Waals surface area contributed by atoms with Gasteiger partial charge in [-0.25, -0.2) is 8.42 Å². The van der Waals surface area contributed by atoms with Crippen molar-refractivity contribution in [3.63, 3.8) is 0 Å². The highest BCUT2D eigenvalue weighted by molar-refractivity contribution is 7.90. The number of amides is 1. The van der Waals surface area contributed by atoms with Crippen LogP contribution in [0.3, 0.4) is 0 Å². The molecule has 1 amide bonds. The summed E-state index contributed by atoms with van der Waals surface area (Å²) >= 11 is 0. The molecule has 0 saturated heterocycles. The molecule has 2 atom stereocenters. The Hall–Kier alpha value is -0.330. The van der Waals surface area contributed by atoms with E-state index in [4.69, 9.17) is 5.73 Å². The molecule has 0 spiro atoms. The average molecular weight is 301 g/mol. The van der Waals surface area contributed by atoms with Crippen LogP contribution in [0, 0.1) is 0 Å². The normalized spacial score (nSPS) is 14.5. The molecule has 0 aliphatic carbocycles. The maximum Gasteiger partial charge on any atom is 0.239 e. The van der Waals surface area contributed by atoms with Crippen LogP contribution < -0.4 is 5.73 Å². The number of rotatable bonds is 7. The zero-order chi connectivity index (χ0) is 13.6. The second-order valence-electron chi connectivity index (χ2n) is 4.46. The van der Waals surface area contributed by atoms with Gasteiger partial charge in [-0.2, -0.15) is 0 Å². The van der Waals surface area contributed by atoms with Gasteiger partial charge in [-0.1, -0.05) is 13.3 Å². The van der Waals surface area contributed by atoms with Gasteiger partial charge in [0.1, 0.15) is 9.84 Å². The van der Waals surface area contributed by atoms with Gasteiger partial charge in [-0.15, -0.1) is 12.4 Å². The van der Waals surface area contributed by atoms with E-state index in [1.54, 1.807) is 11.8 Å². The summed E-state index contributed by atoms with van der Waals surface area (Å²) < 4.78 is 22.4. The SMILES string of the molecule is CCCC(N)C(=O)N(CC)C(C)CS(C)(=O)=O.Cl. The number of sulfone groups is 1. The first-order valence-electron chi connectivity index (χ1n) is 5.96. The summed E-state index contributed by atoms with van der Waals surface area (Å²) in [6.07, 6.45) is 2.64. The molecule has 5 nitrogen and oxygen atoms in total. The third-order valence-electron chi connectivity index (χ3n) is 2.62. The molecule has 0 aromatic rings. The fraction of sp³-hybridized carbons (Fsp3) is 0.909. The van der Waals surface area contributed by atoms with Crippen LogP contribution in [0.5, 0.6) is 0 Å². The summed E-state index contributed by atoms with van der Waals surface area (Å²) in [5.41, 5.74) is 5.77. The van der Waals surface area contributed by atoms with Crippen LogP contribution in [-0.2, 0) is 14.6 Å². The number of carbonyl (C=O) groups excluding carboxylic acids is 1. The molecule has 0 aromatic heterocycles. The molecule has 0 radical (unpaired) electrons. The highest BCUT2D eigenvalue weighted by Crippen LogP contribution is 2.07. The number of hydrogen-bond donors (Lipinski definition) is 1. The Bertz CT molecular complexity index is 346. The summed E-state index contributed by atoms with van der Waals surface area (Å²) in [6.45, 7) is 6.01. The zero-order valence-corrected chi connectivity index (χ0v) is 13.2. The van der Waals surface area contributed by atoms with Crippen molar-refractivity contribution in [1.29, 1.82) is 0 Å². The minimum absolute atomic E-state index is 0. The Labute approximate surface area is 116 Å². The summed E-state index contributed by atoms with van der Waals surface area (Å²) in [5.74, 6) is -0.184. The average Bonchev–Trinajstić information content (AvgIpc) is 2.16. The minimum Gasteiger partial charge on any atom is -0.338 e. The van der Waals surface area contributed by atoms with Gasteiger partial charge in [0, 0.05) is 18.8 Å². The molecule has 7 heteroatoms. The quantitative estimate of drug-likeness (QED) is 0.755. The summed E-state index contributed by atoms with van der Waals surface area (Å²) in [6, 6.07) is -0.854. The van der Waals surface area contributed by atoms with Gasteiger partial charge in [0.15, 0.2) is 0 Å². The van der Waals surface area contributed by atoms with Gasteiger partial charge in [0.25, 0.3) is 0 Å². The molecule has 0 aliphatic rings. The van der Waals surface area contributed by atoms with Crippen LogP contribution >= 0.6 is 12.4 Å². The van der Waals surface area contributed by atoms with Crippen LogP contribution in [0.25, 0.3) is 0 Å². The maximum absolute atomic E-state index is 12.0. The number of nitrogens with zero attached hydrogens (tertiary/aromatic N) is 1. The first-order chi connectivity index (χ1) is 7.72. The van der Waals surface area contributed by atoms with E-state index >= 15 is 0 Å². The summed E-state index contributed by atoms with van der Waals surface area (Å²) in [4.78, 5) is 13.5. The molecule has 0 aromatic carbocycles. The molecule has 0 bridgehead atoms. The lowest BCUT2D eigenvalue weighted by Crippen LogP contribution is -2.49. The topological polar surface area (TPSA) is 80.5 Å². The molecule has 0 aliphatic heterocycles. The second-order valence-corrected chi connectivity index (χ2v) is 6.65. The lowest BCUT2D eigenvalue weighted by Gasteiger charge is -2.29. The van der Waals surface area contributed by atoms with E-state index in [-0.39, 0.29) is 30.1 Å². The van der Waals surface area contributed by atoms with Gasteiger partial charge >= 0.3 is 0 Å². The van der Waals surface area contributed by atoms with E-state index in [0.29, 0.717) is 13.0 Å². The highest BCUT2D eigenvalue weighted by Gasteiger charge is 2.25. The van der Waals surface area contributed by atoms with E-state index in [1.165, 1.54) is 6.26 Å². The van der Waals surface area contributed by atoms with Crippen LogP contribution in [0.1, 0.15) is 33.6 Å². The lowest BCUT2D eigenvalue weighted by molar-refractivity contribution is -0.134. The third-order valence-corrected chi connectivity index (χ3v) is 3.70. The Morgan fingerprint density at radius 1 is 1.33 bits per heavy atom. The van der Waals surface area contributed by atoms with Crippen LogP contribution in [0.15, 0.2) is 0 Å². The fourth-order valence-corrected chi connectivity index (χ4v) is 2.92. The van der Waals surface area contributed by atoms with Gasteiger partial charge in [0.05, 0.1) is 11.8 Å². The van der Waals surface area contributed by atoms with Crippen molar-refractivity contribution in [2.75, 3.05) is 18.6 Å². The largest absolute Gasteiger partial charge is 0.338 e. The summed E-state index contributed by atoms with van der Waals surface area (Å²) in [5, 5.41) is 0. The van der Waals surface area contributed by atoms with Crippen molar-refractivity contribution in [3.8, 4) is 0 Å². The zero-order valence-electron chi connectivity index (χ0n) is 11.5. The Morgan fingerprint density at radius 2 is 1.83 bits per heavy atom. The smallest absolute Gasteiger partial charge is 0.239 e. The Balaban J connectivity index is 0. The van der Waals surface area contributed by atoms with Crippen molar-refractivity contribution in [2.24, 2.45) is 5.73 Å². The highest BCUT2D eigenvalue weighted by atomic mass is 35.5. The van der Waals surface area contributed by atoms with E-state index in [1.807, 2.05) is 13.8 Å². The van der Waals surface area contributed by atoms with E-state index in [9.17, 15) is 13.2 Å². The predicted octanol–water partition coefficient (Wildman–Crippen LogP) is 0.817. The van der Waals surface area contributed by atoms with Crippen LogP contribution in [0.4, 0.5) is 0 Å². The molecule has 0 saturated carbocycles. The molecule has 0 heterocycles. The van der Waals surface area contributed by atoms with Crippen LogP contribution in [0.2, 0.25) is 0 Å². The van der Waals surface area contributed by atoms with Crippen molar-refractivity contribution >= 4 is 28.2 Å². The van der Waals surface area contributed by atoms with Crippen LogP contribution in [-0.4, -0.2) is 49.9 Å².